The van der Waals surface area contributed by atoms with Crippen molar-refractivity contribution in [2.45, 2.75) is 6.42 Å². The molecule has 8 nitrogen and oxygen atoms in total. The van der Waals surface area contributed by atoms with Crippen molar-refractivity contribution in [3.8, 4) is 5.69 Å². The smallest absolute Gasteiger partial charge is 0.269 e. The molecule has 5 aromatic rings. The number of benzene rings is 3. The Labute approximate surface area is 183 Å². The molecule has 0 radical (unpaired) electrons. The van der Waals surface area contributed by atoms with Crippen LogP contribution in [0.25, 0.3) is 27.8 Å². The molecule has 32 heavy (non-hydrogen) atoms. The van der Waals surface area contributed by atoms with Gasteiger partial charge in [-0.1, -0.05) is 24.3 Å². The summed E-state index contributed by atoms with van der Waals surface area (Å²) in [4.78, 5) is 33.6. The van der Waals surface area contributed by atoms with Crippen LogP contribution in [0, 0.1) is 0 Å². The van der Waals surface area contributed by atoms with Gasteiger partial charge in [0, 0.05) is 18.3 Å². The molecule has 0 fully saturated rings. The first-order valence-corrected chi connectivity index (χ1v) is 10.1. The van der Waals surface area contributed by atoms with Crippen molar-refractivity contribution in [2.75, 3.05) is 0 Å². The van der Waals surface area contributed by atoms with Crippen molar-refractivity contribution >= 4 is 33.9 Å². The summed E-state index contributed by atoms with van der Waals surface area (Å²) in [7, 11) is 1.86. The molecule has 0 unspecified atom stereocenters. The highest BCUT2D eigenvalue weighted by molar-refractivity contribution is 5.95. The fourth-order valence-corrected chi connectivity index (χ4v) is 3.68. The summed E-state index contributed by atoms with van der Waals surface area (Å²) in [6, 6.07) is 22.6. The van der Waals surface area contributed by atoms with Crippen LogP contribution in [0.2, 0.25) is 0 Å². The molecule has 2 aromatic heterocycles. The maximum atomic E-state index is 12.5. The summed E-state index contributed by atoms with van der Waals surface area (Å²) >= 11 is 0. The van der Waals surface area contributed by atoms with Gasteiger partial charge in [-0.3, -0.25) is 25.0 Å². The van der Waals surface area contributed by atoms with Gasteiger partial charge in [0.1, 0.15) is 12.2 Å². The Morgan fingerprint density at radius 3 is 2.28 bits per heavy atom. The number of imidazole rings is 2. The van der Waals surface area contributed by atoms with Gasteiger partial charge in [0.15, 0.2) is 0 Å². The molecular weight excluding hydrogens is 404 g/mol. The number of nitrogens with zero attached hydrogens (tertiary/aromatic N) is 4. The number of amides is 2. The molecule has 0 bridgehead atoms. The molecule has 0 atom stereocenters. The third-order valence-corrected chi connectivity index (χ3v) is 5.38. The number of hydrazine groups is 1. The van der Waals surface area contributed by atoms with Crippen molar-refractivity contribution in [3.63, 3.8) is 0 Å². The number of rotatable bonds is 4. The number of nitrogens with one attached hydrogen (secondary N) is 2. The number of carbonyl (C=O) groups excluding carboxylic acids is 2. The maximum Gasteiger partial charge on any atom is 0.269 e. The topological polar surface area (TPSA) is 93.8 Å². The van der Waals surface area contributed by atoms with Crippen LogP contribution in [-0.2, 0) is 18.3 Å². The Bertz CT molecular complexity index is 1450. The highest BCUT2D eigenvalue weighted by Gasteiger charge is 2.13. The number of para-hydroxylation sites is 4. The van der Waals surface area contributed by atoms with E-state index in [-0.39, 0.29) is 12.3 Å². The van der Waals surface area contributed by atoms with Crippen LogP contribution in [-0.4, -0.2) is 30.9 Å². The zero-order valence-electron chi connectivity index (χ0n) is 17.3. The van der Waals surface area contributed by atoms with Gasteiger partial charge in [0.25, 0.3) is 5.91 Å². The van der Waals surface area contributed by atoms with Crippen molar-refractivity contribution in [1.29, 1.82) is 0 Å². The molecule has 158 valence electrons. The molecule has 0 aliphatic heterocycles. The van der Waals surface area contributed by atoms with Crippen LogP contribution in [0.1, 0.15) is 16.2 Å². The van der Waals surface area contributed by atoms with E-state index < -0.39 is 5.91 Å². The number of fused-ring (bicyclic) bond motifs is 2. The summed E-state index contributed by atoms with van der Waals surface area (Å²) < 4.78 is 3.82. The van der Waals surface area contributed by atoms with Crippen molar-refractivity contribution in [2.24, 2.45) is 7.05 Å². The third kappa shape index (κ3) is 3.58. The lowest BCUT2D eigenvalue weighted by Gasteiger charge is -2.09. The molecule has 5 rings (SSSR count). The van der Waals surface area contributed by atoms with E-state index in [4.69, 9.17) is 0 Å². The second kappa shape index (κ2) is 7.99. The van der Waals surface area contributed by atoms with E-state index in [1.165, 1.54) is 0 Å². The van der Waals surface area contributed by atoms with E-state index in [0.29, 0.717) is 11.4 Å². The van der Waals surface area contributed by atoms with Crippen LogP contribution in [0.4, 0.5) is 0 Å². The average molecular weight is 424 g/mol. The molecular formula is C24H20N6O2. The molecule has 0 saturated heterocycles. The highest BCUT2D eigenvalue weighted by atomic mass is 16.2. The monoisotopic (exact) mass is 424 g/mol. The maximum absolute atomic E-state index is 12.5. The van der Waals surface area contributed by atoms with E-state index >= 15 is 0 Å². The summed E-state index contributed by atoms with van der Waals surface area (Å²) in [5.74, 6) is -0.126. The molecule has 0 aliphatic carbocycles. The second-order valence-corrected chi connectivity index (χ2v) is 7.40. The van der Waals surface area contributed by atoms with Gasteiger partial charge in [0.05, 0.1) is 28.5 Å². The minimum atomic E-state index is -0.398. The predicted octanol–water partition coefficient (Wildman–Crippen LogP) is 2.92. The normalized spacial score (nSPS) is 11.0. The molecule has 8 heteroatoms. The molecule has 2 heterocycles. The lowest BCUT2D eigenvalue weighted by atomic mass is 10.2. The fraction of sp³-hybridized carbons (Fsp3) is 0.0833. The summed E-state index contributed by atoms with van der Waals surface area (Å²) in [6.45, 7) is 0. The largest absolute Gasteiger partial charge is 0.331 e. The Hall–Kier alpha value is -4.46. The number of aromatic nitrogens is 4. The number of hydrogen-bond donors (Lipinski definition) is 2. The zero-order valence-corrected chi connectivity index (χ0v) is 17.3. The summed E-state index contributed by atoms with van der Waals surface area (Å²) in [5.41, 5.74) is 9.90. The SMILES string of the molecule is Cn1c(CC(=O)NNC(=O)c2ccc(-n3cnc4ccccc43)cc2)nc2ccccc21. The van der Waals surface area contributed by atoms with Gasteiger partial charge in [0.2, 0.25) is 5.91 Å². The number of carbonyl (C=O) groups is 2. The van der Waals surface area contributed by atoms with Crippen molar-refractivity contribution in [1.82, 2.24) is 30.0 Å². The lowest BCUT2D eigenvalue weighted by molar-refractivity contribution is -0.121. The Morgan fingerprint density at radius 2 is 1.53 bits per heavy atom. The van der Waals surface area contributed by atoms with Crippen LogP contribution in [0.15, 0.2) is 79.1 Å². The van der Waals surface area contributed by atoms with Crippen LogP contribution in [0.3, 0.4) is 0 Å². The highest BCUT2D eigenvalue weighted by Crippen LogP contribution is 2.18. The number of hydrogen-bond acceptors (Lipinski definition) is 4. The fourth-order valence-electron chi connectivity index (χ4n) is 3.68. The predicted molar refractivity (Wildman–Crippen MR) is 121 cm³/mol. The average Bonchev–Trinajstić information content (AvgIpc) is 3.39. The van der Waals surface area contributed by atoms with E-state index in [1.54, 1.807) is 18.5 Å². The molecule has 3 aromatic carbocycles. The molecule has 0 saturated carbocycles. The lowest BCUT2D eigenvalue weighted by Crippen LogP contribution is -2.42. The number of aryl methyl sites for hydroxylation is 1. The Balaban J connectivity index is 1.23. The van der Waals surface area contributed by atoms with Gasteiger partial charge in [-0.05, 0) is 48.5 Å². The first kappa shape index (κ1) is 19.5. The molecule has 0 aliphatic rings. The van der Waals surface area contributed by atoms with Gasteiger partial charge in [-0.2, -0.15) is 0 Å². The zero-order chi connectivity index (χ0) is 22.1. The first-order chi connectivity index (χ1) is 15.6. The van der Waals surface area contributed by atoms with Crippen LogP contribution < -0.4 is 10.9 Å². The Kier molecular flexibility index (Phi) is 4.87. The van der Waals surface area contributed by atoms with Crippen molar-refractivity contribution < 1.29 is 9.59 Å². The van der Waals surface area contributed by atoms with E-state index in [2.05, 4.69) is 20.8 Å². The third-order valence-electron chi connectivity index (χ3n) is 5.38. The quantitative estimate of drug-likeness (QED) is 0.434. The summed E-state index contributed by atoms with van der Waals surface area (Å²) in [5, 5.41) is 0. The first-order valence-electron chi connectivity index (χ1n) is 10.1. The van der Waals surface area contributed by atoms with E-state index in [1.807, 2.05) is 76.8 Å². The summed E-state index contributed by atoms with van der Waals surface area (Å²) in [6.07, 6.45) is 1.80. The molecule has 2 amide bonds. The minimum absolute atomic E-state index is 0.0537. The Morgan fingerprint density at radius 1 is 0.844 bits per heavy atom. The second-order valence-electron chi connectivity index (χ2n) is 7.40. The van der Waals surface area contributed by atoms with Gasteiger partial charge in [-0.25, -0.2) is 9.97 Å². The van der Waals surface area contributed by atoms with Gasteiger partial charge >= 0.3 is 0 Å². The molecule has 2 N–H and O–H groups in total. The van der Waals surface area contributed by atoms with E-state index in [0.717, 1.165) is 27.8 Å². The van der Waals surface area contributed by atoms with E-state index in [9.17, 15) is 9.59 Å². The van der Waals surface area contributed by atoms with Gasteiger partial charge < -0.3 is 4.57 Å². The van der Waals surface area contributed by atoms with Crippen LogP contribution in [0.5, 0.6) is 0 Å². The minimum Gasteiger partial charge on any atom is -0.331 e. The molecule has 0 spiro atoms. The van der Waals surface area contributed by atoms with Crippen LogP contribution >= 0.6 is 0 Å². The van der Waals surface area contributed by atoms with Gasteiger partial charge in [-0.15, -0.1) is 0 Å². The van der Waals surface area contributed by atoms with Crippen molar-refractivity contribution in [3.05, 3.63) is 90.5 Å². The standard InChI is InChI=1S/C24H20N6O2/c1-29-20-8-4-3-7-19(20)26-22(29)14-23(31)27-28-24(32)16-10-12-17(13-11-16)30-15-25-18-6-2-5-9-21(18)30/h2-13,15H,14H2,1H3,(H,27,31)(H,28,32).